The number of amidine groups is 1. The Morgan fingerprint density at radius 3 is 2.58 bits per heavy atom. The monoisotopic (exact) mass is 536 g/mol. The average Bonchev–Trinajstić information content (AvgIpc) is 3.37. The zero-order valence-corrected chi connectivity index (χ0v) is 24.3. The molecule has 0 saturated carbocycles. The summed E-state index contributed by atoms with van der Waals surface area (Å²) in [5.74, 6) is 1.27. The van der Waals surface area contributed by atoms with Crippen LogP contribution in [-0.2, 0) is 5.41 Å². The highest BCUT2D eigenvalue weighted by Crippen LogP contribution is 2.30. The lowest BCUT2D eigenvalue weighted by atomic mass is 9.95. The van der Waals surface area contributed by atoms with Crippen LogP contribution >= 0.6 is 11.3 Å². The van der Waals surface area contributed by atoms with Gasteiger partial charge in [0, 0.05) is 30.4 Å². The summed E-state index contributed by atoms with van der Waals surface area (Å²) >= 11 is 1.51. The molecule has 0 aliphatic carbocycles. The third-order valence-corrected chi connectivity index (χ3v) is 7.40. The van der Waals surface area contributed by atoms with Gasteiger partial charge in [0.15, 0.2) is 0 Å². The Balaban J connectivity index is 1.73. The van der Waals surface area contributed by atoms with Gasteiger partial charge in [0.1, 0.15) is 11.7 Å². The minimum atomic E-state index is -0.145. The van der Waals surface area contributed by atoms with E-state index in [1.807, 2.05) is 37.3 Å². The van der Waals surface area contributed by atoms with E-state index in [9.17, 15) is 4.79 Å². The summed E-state index contributed by atoms with van der Waals surface area (Å²) in [6.07, 6.45) is 3.79. The molecule has 2 heterocycles. The summed E-state index contributed by atoms with van der Waals surface area (Å²) in [7, 11) is 5.93. The molecule has 0 fully saturated rings. The van der Waals surface area contributed by atoms with E-state index in [0.29, 0.717) is 33.6 Å². The Morgan fingerprint density at radius 2 is 1.92 bits per heavy atom. The summed E-state index contributed by atoms with van der Waals surface area (Å²) < 4.78 is 0. The van der Waals surface area contributed by atoms with Gasteiger partial charge in [-0.1, -0.05) is 26.8 Å². The van der Waals surface area contributed by atoms with E-state index in [1.165, 1.54) is 11.3 Å². The number of benzene rings is 1. The first-order chi connectivity index (χ1) is 18.0. The highest BCUT2D eigenvalue weighted by atomic mass is 32.1. The molecule has 0 unspecified atom stereocenters. The number of unbranched alkanes of at least 4 members (excludes halogenated alkanes) is 1. The van der Waals surface area contributed by atoms with Crippen LogP contribution in [-0.4, -0.2) is 60.8 Å². The molecule has 3 rings (SSSR count). The van der Waals surface area contributed by atoms with Crippen molar-refractivity contribution in [3.8, 4) is 0 Å². The third kappa shape index (κ3) is 8.00. The summed E-state index contributed by atoms with van der Waals surface area (Å²) in [6.45, 7) is 10.2. The Labute approximate surface area is 230 Å². The van der Waals surface area contributed by atoms with E-state index in [-0.39, 0.29) is 17.2 Å². The molecule has 0 radical (unpaired) electrons. The fraction of sp³-hybridized carbons (Fsp3) is 0.429. The summed E-state index contributed by atoms with van der Waals surface area (Å²) in [5, 5.41) is 9.34. The van der Waals surface area contributed by atoms with Gasteiger partial charge in [0.25, 0.3) is 5.91 Å². The molecule has 0 atom stereocenters. The number of nitrogens with one attached hydrogen (secondary N) is 3. The van der Waals surface area contributed by atoms with Crippen LogP contribution < -0.4 is 21.7 Å². The average molecular weight is 537 g/mol. The van der Waals surface area contributed by atoms with Gasteiger partial charge in [0.2, 0.25) is 5.95 Å². The molecule has 204 valence electrons. The molecule has 9 nitrogen and oxygen atoms in total. The van der Waals surface area contributed by atoms with Crippen LogP contribution in [0.2, 0.25) is 0 Å². The van der Waals surface area contributed by atoms with Crippen LogP contribution in [0.3, 0.4) is 0 Å². The molecular formula is C28H40N8OS. The maximum absolute atomic E-state index is 12.9. The van der Waals surface area contributed by atoms with Gasteiger partial charge in [-0.2, -0.15) is 4.98 Å². The molecule has 5 N–H and O–H groups in total. The molecule has 38 heavy (non-hydrogen) atoms. The number of nitrogens with two attached hydrogens (primary N) is 1. The first-order valence-corrected chi connectivity index (χ1v) is 13.6. The quantitative estimate of drug-likeness (QED) is 0.150. The number of anilines is 3. The minimum absolute atomic E-state index is 0.00255. The van der Waals surface area contributed by atoms with Gasteiger partial charge in [0.05, 0.1) is 16.1 Å². The molecule has 1 amide bonds. The fourth-order valence-electron chi connectivity index (χ4n) is 3.65. The predicted molar refractivity (Wildman–Crippen MR) is 160 cm³/mol. The molecule has 0 aliphatic rings. The number of hydrogen-bond acceptors (Lipinski definition) is 8. The lowest BCUT2D eigenvalue weighted by Crippen LogP contribution is -2.18. The molecular weight excluding hydrogens is 496 g/mol. The van der Waals surface area contributed by atoms with Crippen LogP contribution in [0, 0.1) is 6.92 Å². The van der Waals surface area contributed by atoms with Crippen molar-refractivity contribution in [3.63, 3.8) is 0 Å². The fourth-order valence-corrected chi connectivity index (χ4v) is 4.61. The van der Waals surface area contributed by atoms with Gasteiger partial charge >= 0.3 is 0 Å². The molecule has 0 spiro atoms. The van der Waals surface area contributed by atoms with Gasteiger partial charge in [-0.15, -0.1) is 11.3 Å². The lowest BCUT2D eigenvalue weighted by molar-refractivity contribution is 0.103. The molecule has 0 saturated heterocycles. The van der Waals surface area contributed by atoms with Crippen LogP contribution in [0.15, 0.2) is 41.5 Å². The number of nitrogens with zero attached hydrogens (tertiary/aromatic N) is 4. The van der Waals surface area contributed by atoms with Crippen molar-refractivity contribution in [2.24, 2.45) is 10.7 Å². The van der Waals surface area contributed by atoms with Gasteiger partial charge < -0.3 is 26.6 Å². The lowest BCUT2D eigenvalue weighted by Gasteiger charge is -2.15. The molecule has 1 aromatic carbocycles. The number of amides is 1. The smallest absolute Gasteiger partial charge is 0.265 e. The summed E-state index contributed by atoms with van der Waals surface area (Å²) in [6, 6.07) is 9.48. The van der Waals surface area contributed by atoms with Crippen LogP contribution in [0.4, 0.5) is 23.1 Å². The number of carbonyl (C=O) groups is 1. The van der Waals surface area contributed by atoms with Crippen molar-refractivity contribution in [3.05, 3.63) is 57.4 Å². The SMILES string of the molecule is CNc1nc(NCCCCN(C)C)ncc1C(N)=Nc1cc(NC(=O)c2ccc(C(C)(C)C)s2)ccc1C. The maximum atomic E-state index is 12.9. The van der Waals surface area contributed by atoms with Crippen molar-refractivity contribution in [2.45, 2.75) is 46.0 Å². The van der Waals surface area contributed by atoms with E-state index >= 15 is 0 Å². The number of aliphatic imine (C=N–C) groups is 1. The molecule has 2 aromatic heterocycles. The Hall–Kier alpha value is -3.50. The van der Waals surface area contributed by atoms with E-state index in [4.69, 9.17) is 5.73 Å². The second kappa shape index (κ2) is 12.8. The van der Waals surface area contributed by atoms with Gasteiger partial charge in [-0.05, 0) is 75.6 Å². The minimum Gasteiger partial charge on any atom is -0.383 e. The second-order valence-electron chi connectivity index (χ2n) is 10.5. The zero-order chi connectivity index (χ0) is 27.9. The number of hydrogen-bond donors (Lipinski definition) is 4. The van der Waals surface area contributed by atoms with E-state index in [2.05, 4.69) is 70.7 Å². The standard InChI is InChI=1S/C28H40N8OS/c1-18-10-11-19(33-26(37)22-12-13-23(38-22)28(2,3)4)16-21(18)34-24(29)20-17-32-27(35-25(20)30-5)31-14-8-9-15-36(6)7/h10-13,16-17H,8-9,14-15H2,1-7H3,(H2,29,34)(H,33,37)(H2,30,31,32,35). The Bertz CT molecular complexity index is 1280. The Morgan fingerprint density at radius 1 is 1.16 bits per heavy atom. The van der Waals surface area contributed by atoms with E-state index in [0.717, 1.165) is 36.4 Å². The predicted octanol–water partition coefficient (Wildman–Crippen LogP) is 5.23. The maximum Gasteiger partial charge on any atom is 0.265 e. The highest BCUT2D eigenvalue weighted by Gasteiger charge is 2.19. The first-order valence-electron chi connectivity index (χ1n) is 12.8. The Kier molecular flexibility index (Phi) is 9.82. The van der Waals surface area contributed by atoms with Gasteiger partial charge in [-0.3, -0.25) is 4.79 Å². The number of aryl methyl sites for hydroxylation is 1. The largest absolute Gasteiger partial charge is 0.383 e. The first kappa shape index (κ1) is 29.1. The summed E-state index contributed by atoms with van der Waals surface area (Å²) in [4.78, 5) is 30.5. The van der Waals surface area contributed by atoms with E-state index < -0.39 is 0 Å². The molecule has 0 bridgehead atoms. The van der Waals surface area contributed by atoms with Crippen molar-refractivity contribution in [1.29, 1.82) is 0 Å². The van der Waals surface area contributed by atoms with Crippen molar-refractivity contribution >= 4 is 46.2 Å². The van der Waals surface area contributed by atoms with Gasteiger partial charge in [-0.25, -0.2) is 9.98 Å². The number of carbonyl (C=O) groups excluding carboxylic acids is 1. The second-order valence-corrected chi connectivity index (χ2v) is 11.6. The zero-order valence-electron chi connectivity index (χ0n) is 23.5. The normalized spacial score (nSPS) is 12.1. The van der Waals surface area contributed by atoms with Crippen LogP contribution in [0.5, 0.6) is 0 Å². The summed E-state index contributed by atoms with van der Waals surface area (Å²) in [5.41, 5.74) is 9.24. The number of rotatable bonds is 11. The number of thiophene rings is 1. The van der Waals surface area contributed by atoms with Crippen molar-refractivity contribution in [2.75, 3.05) is 50.2 Å². The van der Waals surface area contributed by atoms with E-state index in [1.54, 1.807) is 13.2 Å². The number of aromatic nitrogens is 2. The van der Waals surface area contributed by atoms with Crippen molar-refractivity contribution in [1.82, 2.24) is 14.9 Å². The van der Waals surface area contributed by atoms with Crippen LogP contribution in [0.1, 0.15) is 59.3 Å². The topological polar surface area (TPSA) is 121 Å². The molecule has 10 heteroatoms. The third-order valence-electron chi connectivity index (χ3n) is 5.89. The van der Waals surface area contributed by atoms with Crippen molar-refractivity contribution < 1.29 is 4.79 Å². The molecule has 0 aliphatic heterocycles. The highest BCUT2D eigenvalue weighted by molar-refractivity contribution is 7.14. The molecule has 3 aromatic rings. The van der Waals surface area contributed by atoms with Crippen LogP contribution in [0.25, 0.3) is 0 Å².